The van der Waals surface area contributed by atoms with Crippen LogP contribution in [0, 0.1) is 5.92 Å². The smallest absolute Gasteiger partial charge is 0.291 e. The van der Waals surface area contributed by atoms with Gasteiger partial charge in [-0.25, -0.2) is 4.98 Å². The number of benzene rings is 2. The highest BCUT2D eigenvalue weighted by atomic mass is 35.5. The van der Waals surface area contributed by atoms with Gasteiger partial charge in [-0.2, -0.15) is 0 Å². The van der Waals surface area contributed by atoms with Gasteiger partial charge in [-0.05, 0) is 31.0 Å². The summed E-state index contributed by atoms with van der Waals surface area (Å²) in [4.78, 5) is 34.9. The number of piperidine rings is 1. The second-order valence-electron chi connectivity index (χ2n) is 7.37. The van der Waals surface area contributed by atoms with Gasteiger partial charge < -0.3 is 24.7 Å². The molecule has 1 aromatic heterocycles. The zero-order valence-electron chi connectivity index (χ0n) is 17.3. The van der Waals surface area contributed by atoms with Crippen molar-refractivity contribution in [2.45, 2.75) is 12.8 Å². The number of halogens is 1. The summed E-state index contributed by atoms with van der Waals surface area (Å²) >= 11 is 6.21. The van der Waals surface area contributed by atoms with E-state index in [2.05, 4.69) is 15.3 Å². The summed E-state index contributed by atoms with van der Waals surface area (Å²) in [6.45, 7) is 1.06. The number of fused-ring (bicyclic) bond motifs is 1. The zero-order valence-corrected chi connectivity index (χ0v) is 18.0. The van der Waals surface area contributed by atoms with Crippen LogP contribution in [-0.4, -0.2) is 43.2 Å². The number of carbonyl (C=O) groups excluding carboxylic acids is 1. The number of aromatic nitrogens is 2. The summed E-state index contributed by atoms with van der Waals surface area (Å²) < 4.78 is 10.6. The fraction of sp³-hybridized carbons (Fsp3) is 0.318. The number of hydrogen-bond acceptors (Lipinski definition) is 6. The van der Waals surface area contributed by atoms with Crippen LogP contribution in [0.25, 0.3) is 11.0 Å². The largest absolute Gasteiger partial charge is 0.495 e. The van der Waals surface area contributed by atoms with E-state index in [9.17, 15) is 9.59 Å². The second kappa shape index (κ2) is 8.85. The van der Waals surface area contributed by atoms with Crippen molar-refractivity contribution in [3.8, 4) is 11.5 Å². The molecule has 1 fully saturated rings. The Hall–Kier alpha value is -3.26. The summed E-state index contributed by atoms with van der Waals surface area (Å²) in [6, 6.07) is 10.6. The molecule has 1 atom stereocenters. The van der Waals surface area contributed by atoms with Crippen LogP contribution in [0.5, 0.6) is 11.5 Å². The maximum Gasteiger partial charge on any atom is 0.291 e. The van der Waals surface area contributed by atoms with Crippen molar-refractivity contribution in [2.24, 2.45) is 5.92 Å². The third-order valence-corrected chi connectivity index (χ3v) is 5.70. The molecular weight excluding hydrogens is 420 g/mol. The van der Waals surface area contributed by atoms with Gasteiger partial charge in [0.25, 0.3) is 5.56 Å². The van der Waals surface area contributed by atoms with E-state index in [1.165, 1.54) is 14.2 Å². The number of anilines is 2. The van der Waals surface area contributed by atoms with Gasteiger partial charge in [0.05, 0.1) is 41.9 Å². The summed E-state index contributed by atoms with van der Waals surface area (Å²) in [5.74, 6) is 0.770. The lowest BCUT2D eigenvalue weighted by atomic mass is 9.97. The highest BCUT2D eigenvalue weighted by Gasteiger charge is 2.28. The average molecular weight is 443 g/mol. The molecule has 1 aliphatic heterocycles. The Labute approximate surface area is 184 Å². The zero-order chi connectivity index (χ0) is 22.0. The van der Waals surface area contributed by atoms with Gasteiger partial charge in [0.2, 0.25) is 5.91 Å². The van der Waals surface area contributed by atoms with Crippen molar-refractivity contribution < 1.29 is 14.3 Å². The van der Waals surface area contributed by atoms with E-state index in [-0.39, 0.29) is 17.4 Å². The van der Waals surface area contributed by atoms with Crippen LogP contribution in [0.15, 0.2) is 41.2 Å². The summed E-state index contributed by atoms with van der Waals surface area (Å²) in [5, 5.41) is 3.27. The van der Waals surface area contributed by atoms with Gasteiger partial charge >= 0.3 is 0 Å². The van der Waals surface area contributed by atoms with Crippen molar-refractivity contribution in [3.05, 3.63) is 51.8 Å². The molecule has 8 nitrogen and oxygen atoms in total. The molecule has 0 unspecified atom stereocenters. The number of para-hydroxylation sites is 2. The number of nitrogens with zero attached hydrogens (tertiary/aromatic N) is 2. The number of aromatic amines is 1. The standard InChI is InChI=1S/C22H23ClN4O4/c1-30-18-11-19(31-2)17(10-14(18)23)26-21(28)13-6-5-9-27(12-13)20-22(29)25-16-8-4-3-7-15(16)24-20/h3-4,7-8,10-11,13H,5-6,9,12H2,1-2H3,(H,25,29)(H,26,28)/t13-/m0/s1. The molecule has 0 spiro atoms. The van der Waals surface area contributed by atoms with Gasteiger partial charge in [-0.1, -0.05) is 23.7 Å². The molecule has 0 bridgehead atoms. The van der Waals surface area contributed by atoms with Gasteiger partial charge in [-0.15, -0.1) is 0 Å². The maximum atomic E-state index is 13.0. The topological polar surface area (TPSA) is 96.6 Å². The first-order valence-corrected chi connectivity index (χ1v) is 10.3. The Morgan fingerprint density at radius 1 is 1.23 bits per heavy atom. The molecule has 4 rings (SSSR count). The molecule has 2 aromatic carbocycles. The highest BCUT2D eigenvalue weighted by Crippen LogP contribution is 2.36. The molecular formula is C22H23ClN4O4. The minimum absolute atomic E-state index is 0.165. The van der Waals surface area contributed by atoms with E-state index in [0.29, 0.717) is 58.6 Å². The molecule has 3 aromatic rings. The second-order valence-corrected chi connectivity index (χ2v) is 7.78. The summed E-state index contributed by atoms with van der Waals surface area (Å²) in [7, 11) is 3.02. The average Bonchev–Trinajstić information content (AvgIpc) is 2.79. The molecule has 0 radical (unpaired) electrons. The predicted octanol–water partition coefficient (Wildman–Crippen LogP) is 3.45. The Morgan fingerprint density at radius 2 is 2.00 bits per heavy atom. The van der Waals surface area contributed by atoms with Crippen molar-refractivity contribution in [1.29, 1.82) is 0 Å². The fourth-order valence-corrected chi connectivity index (χ4v) is 4.05. The van der Waals surface area contributed by atoms with Crippen molar-refractivity contribution >= 4 is 40.0 Å². The van der Waals surface area contributed by atoms with E-state index in [4.69, 9.17) is 21.1 Å². The van der Waals surface area contributed by atoms with E-state index < -0.39 is 0 Å². The monoisotopic (exact) mass is 442 g/mol. The van der Waals surface area contributed by atoms with Crippen LogP contribution in [0.4, 0.5) is 11.5 Å². The van der Waals surface area contributed by atoms with E-state index in [1.807, 2.05) is 29.2 Å². The minimum Gasteiger partial charge on any atom is -0.495 e. The number of ether oxygens (including phenoxy) is 2. The van der Waals surface area contributed by atoms with Crippen LogP contribution >= 0.6 is 11.6 Å². The number of H-pyrrole nitrogens is 1. The number of amides is 1. The third kappa shape index (κ3) is 4.29. The van der Waals surface area contributed by atoms with E-state index in [0.717, 1.165) is 6.42 Å². The first kappa shape index (κ1) is 21.0. The van der Waals surface area contributed by atoms with Crippen LogP contribution in [0.1, 0.15) is 12.8 Å². The maximum absolute atomic E-state index is 13.0. The molecule has 1 saturated heterocycles. The number of carbonyl (C=O) groups is 1. The van der Waals surface area contributed by atoms with Crippen LogP contribution in [0.2, 0.25) is 5.02 Å². The first-order valence-electron chi connectivity index (χ1n) is 9.96. The number of methoxy groups -OCH3 is 2. The molecule has 162 valence electrons. The number of rotatable bonds is 5. The number of hydrogen-bond donors (Lipinski definition) is 2. The van der Waals surface area contributed by atoms with E-state index in [1.54, 1.807) is 12.1 Å². The minimum atomic E-state index is -0.313. The Balaban J connectivity index is 1.54. The molecule has 0 saturated carbocycles. The van der Waals surface area contributed by atoms with E-state index >= 15 is 0 Å². The van der Waals surface area contributed by atoms with Crippen LogP contribution in [0.3, 0.4) is 0 Å². The lowest BCUT2D eigenvalue weighted by Crippen LogP contribution is -2.43. The lowest BCUT2D eigenvalue weighted by molar-refractivity contribution is -0.120. The quantitative estimate of drug-likeness (QED) is 0.628. The molecule has 31 heavy (non-hydrogen) atoms. The first-order chi connectivity index (χ1) is 15.0. The Kier molecular flexibility index (Phi) is 5.99. The molecule has 1 aliphatic rings. The summed E-state index contributed by atoms with van der Waals surface area (Å²) in [5.41, 5.74) is 1.60. The summed E-state index contributed by atoms with van der Waals surface area (Å²) in [6.07, 6.45) is 1.48. The molecule has 0 aliphatic carbocycles. The highest BCUT2D eigenvalue weighted by molar-refractivity contribution is 6.32. The molecule has 2 heterocycles. The van der Waals surface area contributed by atoms with Crippen molar-refractivity contribution in [3.63, 3.8) is 0 Å². The van der Waals surface area contributed by atoms with Crippen molar-refractivity contribution in [2.75, 3.05) is 37.5 Å². The van der Waals surface area contributed by atoms with Gasteiger partial charge in [0.1, 0.15) is 11.5 Å². The fourth-order valence-electron chi connectivity index (χ4n) is 3.81. The molecule has 1 amide bonds. The Bertz CT molecular complexity index is 1180. The van der Waals surface area contributed by atoms with Gasteiger partial charge in [-0.3, -0.25) is 9.59 Å². The van der Waals surface area contributed by atoms with Crippen LogP contribution in [-0.2, 0) is 4.79 Å². The van der Waals surface area contributed by atoms with Gasteiger partial charge in [0.15, 0.2) is 5.82 Å². The van der Waals surface area contributed by atoms with Crippen molar-refractivity contribution in [1.82, 2.24) is 9.97 Å². The SMILES string of the molecule is COc1cc(OC)c(NC(=O)[C@H]2CCCN(c3nc4ccccc4[nH]c3=O)C2)cc1Cl. The van der Waals surface area contributed by atoms with Crippen LogP contribution < -0.4 is 25.2 Å². The predicted molar refractivity (Wildman–Crippen MR) is 120 cm³/mol. The Morgan fingerprint density at radius 3 is 2.77 bits per heavy atom. The lowest BCUT2D eigenvalue weighted by Gasteiger charge is -2.32. The normalized spacial score (nSPS) is 16.2. The van der Waals surface area contributed by atoms with Gasteiger partial charge in [0, 0.05) is 19.2 Å². The molecule has 2 N–H and O–H groups in total. The molecule has 9 heteroatoms. The third-order valence-electron chi connectivity index (χ3n) is 5.41. The number of nitrogens with one attached hydrogen (secondary N) is 2.